The van der Waals surface area contributed by atoms with Crippen molar-refractivity contribution in [2.24, 2.45) is 0 Å². The Morgan fingerprint density at radius 2 is 1.95 bits per heavy atom. The van der Waals surface area contributed by atoms with Gasteiger partial charge >= 0.3 is 11.6 Å². The van der Waals surface area contributed by atoms with E-state index < -0.39 is 26.5 Å². The molecule has 2 aromatic rings. The second kappa shape index (κ2) is 5.47. The molecule has 2 rings (SSSR count). The van der Waals surface area contributed by atoms with Crippen molar-refractivity contribution in [3.63, 3.8) is 0 Å². The third kappa shape index (κ3) is 3.41. The van der Waals surface area contributed by atoms with Crippen LogP contribution in [-0.2, 0) is 4.79 Å². The molecule has 0 saturated carbocycles. The van der Waals surface area contributed by atoms with Crippen LogP contribution in [0.1, 0.15) is 24.2 Å². The summed E-state index contributed by atoms with van der Waals surface area (Å²) < 4.78 is 9.36. The van der Waals surface area contributed by atoms with Crippen molar-refractivity contribution in [3.8, 4) is 5.75 Å². The highest BCUT2D eigenvalue weighted by atomic mass is 127. The number of rotatable bonds is 3. The van der Waals surface area contributed by atoms with Crippen LogP contribution in [0.2, 0.25) is 0 Å². The molecule has 0 bridgehead atoms. The SMILES string of the molecule is CC(C)(I)C(=O)Oc1ccc2cc(C(=O)[O-])c(=O)oc2c1. The molecule has 0 radical (unpaired) electrons. The molecule has 0 atom stereocenters. The third-order valence-electron chi connectivity index (χ3n) is 2.62. The zero-order valence-corrected chi connectivity index (χ0v) is 13.3. The predicted molar refractivity (Wildman–Crippen MR) is 80.5 cm³/mol. The highest BCUT2D eigenvalue weighted by Gasteiger charge is 2.26. The van der Waals surface area contributed by atoms with E-state index in [1.165, 1.54) is 18.2 Å². The molecule has 0 aliphatic carbocycles. The van der Waals surface area contributed by atoms with Gasteiger partial charge in [-0.25, -0.2) is 4.79 Å². The van der Waals surface area contributed by atoms with Gasteiger partial charge in [-0.15, -0.1) is 0 Å². The number of carboxylic acids is 1. The van der Waals surface area contributed by atoms with E-state index in [4.69, 9.17) is 9.15 Å². The highest BCUT2D eigenvalue weighted by molar-refractivity contribution is 14.1. The number of carbonyl (C=O) groups excluding carboxylic acids is 2. The molecule has 0 spiro atoms. The molecule has 0 aliphatic heterocycles. The number of halogens is 1. The van der Waals surface area contributed by atoms with Crippen LogP contribution in [0, 0.1) is 0 Å². The van der Waals surface area contributed by atoms with Crippen LogP contribution in [0.5, 0.6) is 5.75 Å². The number of hydrogen-bond donors (Lipinski definition) is 0. The van der Waals surface area contributed by atoms with E-state index in [2.05, 4.69) is 0 Å². The molecular weight excluding hydrogens is 391 g/mol. The smallest absolute Gasteiger partial charge is 0.345 e. The van der Waals surface area contributed by atoms with Gasteiger partial charge in [0.2, 0.25) is 0 Å². The van der Waals surface area contributed by atoms with Gasteiger partial charge in [-0.1, -0.05) is 22.6 Å². The van der Waals surface area contributed by atoms with Crippen LogP contribution in [0.15, 0.2) is 33.5 Å². The van der Waals surface area contributed by atoms with E-state index in [0.717, 1.165) is 6.07 Å². The number of esters is 1. The molecule has 0 N–H and O–H groups in total. The van der Waals surface area contributed by atoms with E-state index in [9.17, 15) is 19.5 Å². The number of ether oxygens (including phenoxy) is 1. The predicted octanol–water partition coefficient (Wildman–Crippen LogP) is 1.28. The summed E-state index contributed by atoms with van der Waals surface area (Å²) in [4.78, 5) is 34.0. The van der Waals surface area contributed by atoms with Gasteiger partial charge in [-0.2, -0.15) is 0 Å². The van der Waals surface area contributed by atoms with Crippen molar-refractivity contribution < 1.29 is 23.8 Å². The summed E-state index contributed by atoms with van der Waals surface area (Å²) in [5.74, 6) is -1.84. The quantitative estimate of drug-likeness (QED) is 0.253. The summed E-state index contributed by atoms with van der Waals surface area (Å²) in [6.07, 6.45) is 0. The van der Waals surface area contributed by atoms with Gasteiger partial charge in [0.05, 0.1) is 11.5 Å². The zero-order valence-electron chi connectivity index (χ0n) is 11.1. The van der Waals surface area contributed by atoms with Crippen molar-refractivity contribution in [1.29, 1.82) is 0 Å². The molecule has 0 amide bonds. The van der Waals surface area contributed by atoms with E-state index in [1.807, 2.05) is 22.6 Å². The number of hydrogen-bond acceptors (Lipinski definition) is 6. The first-order valence-corrected chi connectivity index (χ1v) is 6.97. The maximum absolute atomic E-state index is 11.8. The number of aromatic carboxylic acids is 1. The topological polar surface area (TPSA) is 96.6 Å². The molecular formula is C14H10IO6-. The van der Waals surface area contributed by atoms with Crippen molar-refractivity contribution in [2.75, 3.05) is 0 Å². The lowest BCUT2D eigenvalue weighted by atomic mass is 10.2. The van der Waals surface area contributed by atoms with Crippen LogP contribution < -0.4 is 15.5 Å². The fraction of sp³-hybridized carbons (Fsp3) is 0.214. The minimum absolute atomic E-state index is 0.126. The first-order chi connectivity index (χ1) is 9.68. The Morgan fingerprint density at radius 3 is 2.52 bits per heavy atom. The monoisotopic (exact) mass is 401 g/mol. The maximum atomic E-state index is 11.8. The van der Waals surface area contributed by atoms with Crippen LogP contribution in [0.25, 0.3) is 11.0 Å². The lowest BCUT2D eigenvalue weighted by Gasteiger charge is -2.14. The number of benzene rings is 1. The maximum Gasteiger partial charge on any atom is 0.345 e. The third-order valence-corrected chi connectivity index (χ3v) is 3.06. The average molecular weight is 401 g/mol. The minimum Gasteiger partial charge on any atom is -0.545 e. The van der Waals surface area contributed by atoms with Crippen molar-refractivity contribution in [1.82, 2.24) is 0 Å². The number of carbonyl (C=O) groups is 2. The van der Waals surface area contributed by atoms with Crippen LogP contribution in [0.3, 0.4) is 0 Å². The van der Waals surface area contributed by atoms with E-state index >= 15 is 0 Å². The van der Waals surface area contributed by atoms with Crippen LogP contribution in [0.4, 0.5) is 0 Å². The number of carboxylic acid groups (broad SMARTS) is 1. The lowest BCUT2D eigenvalue weighted by Crippen LogP contribution is -2.29. The molecule has 0 aliphatic rings. The molecule has 0 unspecified atom stereocenters. The molecule has 110 valence electrons. The molecule has 1 heterocycles. The molecule has 1 aromatic carbocycles. The summed E-state index contributed by atoms with van der Waals surface area (Å²) in [5.41, 5.74) is -1.44. The zero-order chi connectivity index (χ0) is 15.8. The van der Waals surface area contributed by atoms with E-state index in [0.29, 0.717) is 5.39 Å². The second-order valence-electron chi connectivity index (χ2n) is 4.80. The fourth-order valence-corrected chi connectivity index (χ4v) is 1.64. The summed E-state index contributed by atoms with van der Waals surface area (Å²) in [6, 6.07) is 5.50. The first kappa shape index (κ1) is 15.5. The van der Waals surface area contributed by atoms with Gasteiger partial charge in [0, 0.05) is 11.5 Å². The standard InChI is InChI=1S/C14H11IO6/c1-14(2,15)13(19)20-8-4-3-7-5-9(11(16)17)12(18)21-10(7)6-8/h3-6H,1-2H3,(H,16,17)/p-1. The minimum atomic E-state index is -1.60. The van der Waals surface area contributed by atoms with Crippen LogP contribution >= 0.6 is 22.6 Å². The van der Waals surface area contributed by atoms with Crippen molar-refractivity contribution in [2.45, 2.75) is 17.3 Å². The molecule has 1 aromatic heterocycles. The Hall–Kier alpha value is -1.90. The van der Waals surface area contributed by atoms with E-state index in [1.54, 1.807) is 13.8 Å². The first-order valence-electron chi connectivity index (χ1n) is 5.89. The largest absolute Gasteiger partial charge is 0.545 e. The average Bonchev–Trinajstić information content (AvgIpc) is 2.36. The van der Waals surface area contributed by atoms with Gasteiger partial charge in [-0.3, -0.25) is 4.79 Å². The molecule has 0 saturated heterocycles. The molecule has 7 heteroatoms. The molecule has 0 fully saturated rings. The molecule has 21 heavy (non-hydrogen) atoms. The van der Waals surface area contributed by atoms with Gasteiger partial charge in [0.25, 0.3) is 0 Å². The Morgan fingerprint density at radius 1 is 1.29 bits per heavy atom. The highest BCUT2D eigenvalue weighted by Crippen LogP contribution is 2.24. The Labute approximate surface area is 132 Å². The Kier molecular flexibility index (Phi) is 4.04. The van der Waals surface area contributed by atoms with Crippen molar-refractivity contribution in [3.05, 3.63) is 40.2 Å². The Bertz CT molecular complexity index is 784. The normalized spacial score (nSPS) is 11.4. The summed E-state index contributed by atoms with van der Waals surface area (Å²) in [6.45, 7) is 3.40. The van der Waals surface area contributed by atoms with Crippen LogP contribution in [-0.4, -0.2) is 15.4 Å². The number of fused-ring (bicyclic) bond motifs is 1. The summed E-state index contributed by atoms with van der Waals surface area (Å²) in [7, 11) is 0. The molecule has 6 nitrogen and oxygen atoms in total. The Balaban J connectivity index is 2.44. The van der Waals surface area contributed by atoms with E-state index in [-0.39, 0.29) is 11.3 Å². The van der Waals surface area contributed by atoms with Gasteiger partial charge < -0.3 is 19.1 Å². The second-order valence-corrected chi connectivity index (χ2v) is 7.49. The summed E-state index contributed by atoms with van der Waals surface area (Å²) >= 11 is 1.94. The lowest BCUT2D eigenvalue weighted by molar-refractivity contribution is -0.255. The van der Waals surface area contributed by atoms with Gasteiger partial charge in [0.1, 0.15) is 14.8 Å². The van der Waals surface area contributed by atoms with Gasteiger partial charge in [-0.05, 0) is 32.0 Å². The summed E-state index contributed by atoms with van der Waals surface area (Å²) in [5, 5.41) is 11.1. The van der Waals surface area contributed by atoms with Crippen molar-refractivity contribution >= 4 is 45.5 Å². The fourth-order valence-electron chi connectivity index (χ4n) is 1.53. The number of alkyl halides is 1. The van der Waals surface area contributed by atoms with Gasteiger partial charge in [0.15, 0.2) is 0 Å².